The smallest absolute Gasteiger partial charge is 0.276 e. The van der Waals surface area contributed by atoms with Crippen molar-refractivity contribution >= 4 is 5.91 Å². The van der Waals surface area contributed by atoms with Crippen molar-refractivity contribution in [2.45, 2.75) is 25.7 Å². The van der Waals surface area contributed by atoms with Gasteiger partial charge in [-0.05, 0) is 24.7 Å². The second kappa shape index (κ2) is 3.92. The summed E-state index contributed by atoms with van der Waals surface area (Å²) >= 11 is 0. The third-order valence-corrected chi connectivity index (χ3v) is 3.92. The second-order valence-electron chi connectivity index (χ2n) is 4.90. The zero-order chi connectivity index (χ0) is 11.0. The van der Waals surface area contributed by atoms with Gasteiger partial charge >= 0.3 is 0 Å². The average Bonchev–Trinajstić information content (AvgIpc) is 2.97. The largest absolute Gasteiger partial charge is 0.364 e. The zero-order valence-corrected chi connectivity index (χ0v) is 9.26. The van der Waals surface area contributed by atoms with Crippen molar-refractivity contribution in [3.63, 3.8) is 0 Å². The van der Waals surface area contributed by atoms with Crippen LogP contribution in [0.25, 0.3) is 0 Å². The molecule has 2 heterocycles. The lowest BCUT2D eigenvalue weighted by molar-refractivity contribution is 0.0773. The molecule has 1 saturated carbocycles. The Morgan fingerprint density at radius 1 is 1.31 bits per heavy atom. The molecule has 2 atom stereocenters. The molecule has 0 N–H and O–H groups in total. The molecule has 0 bridgehead atoms. The lowest BCUT2D eigenvalue weighted by Crippen LogP contribution is -2.29. The van der Waals surface area contributed by atoms with E-state index in [0.717, 1.165) is 24.9 Å². The SMILES string of the molecule is O=C(c1ccon1)N1CC2CCCCC2C1. The third kappa shape index (κ3) is 1.62. The Bertz CT molecular complexity index is 360. The van der Waals surface area contributed by atoms with Crippen molar-refractivity contribution in [1.29, 1.82) is 0 Å². The number of rotatable bonds is 1. The van der Waals surface area contributed by atoms with Gasteiger partial charge in [0.2, 0.25) is 0 Å². The number of carbonyl (C=O) groups is 1. The molecule has 16 heavy (non-hydrogen) atoms. The van der Waals surface area contributed by atoms with Crippen molar-refractivity contribution in [2.24, 2.45) is 11.8 Å². The molecule has 0 aromatic carbocycles. The van der Waals surface area contributed by atoms with E-state index in [9.17, 15) is 4.79 Å². The fourth-order valence-electron chi connectivity index (χ4n) is 3.06. The summed E-state index contributed by atoms with van der Waals surface area (Å²) in [6.07, 6.45) is 6.68. The van der Waals surface area contributed by atoms with Crippen molar-refractivity contribution in [2.75, 3.05) is 13.1 Å². The standard InChI is InChI=1S/C12H16N2O2/c15-12(11-5-6-16-13-11)14-7-9-3-1-2-4-10(9)8-14/h5-6,9-10H,1-4,7-8H2. The van der Waals surface area contributed by atoms with E-state index in [1.54, 1.807) is 6.07 Å². The van der Waals surface area contributed by atoms with E-state index in [2.05, 4.69) is 5.16 Å². The molecule has 3 rings (SSSR count). The van der Waals surface area contributed by atoms with Crippen molar-refractivity contribution in [3.05, 3.63) is 18.0 Å². The number of likely N-dealkylation sites (tertiary alicyclic amines) is 1. The van der Waals surface area contributed by atoms with Crippen LogP contribution in [0.1, 0.15) is 36.2 Å². The van der Waals surface area contributed by atoms with Gasteiger partial charge in [-0.2, -0.15) is 0 Å². The highest BCUT2D eigenvalue weighted by atomic mass is 16.5. The number of nitrogens with zero attached hydrogens (tertiary/aromatic N) is 2. The molecule has 4 nitrogen and oxygen atoms in total. The van der Waals surface area contributed by atoms with Gasteiger partial charge in [-0.1, -0.05) is 18.0 Å². The number of carbonyl (C=O) groups excluding carboxylic acids is 1. The summed E-state index contributed by atoms with van der Waals surface area (Å²) in [6, 6.07) is 1.64. The molecule has 2 aliphatic rings. The predicted molar refractivity (Wildman–Crippen MR) is 57.9 cm³/mol. The van der Waals surface area contributed by atoms with Crippen molar-refractivity contribution < 1.29 is 9.32 Å². The minimum absolute atomic E-state index is 0.0307. The molecule has 1 aromatic rings. The van der Waals surface area contributed by atoms with E-state index in [0.29, 0.717) is 5.69 Å². The summed E-state index contributed by atoms with van der Waals surface area (Å²) in [4.78, 5) is 14.0. The summed E-state index contributed by atoms with van der Waals surface area (Å²) in [5, 5.41) is 3.71. The first-order valence-electron chi connectivity index (χ1n) is 6.04. The number of hydrogen-bond donors (Lipinski definition) is 0. The minimum atomic E-state index is 0.0307. The molecule has 4 heteroatoms. The van der Waals surface area contributed by atoms with Gasteiger partial charge in [0.15, 0.2) is 5.69 Å². The Morgan fingerprint density at radius 3 is 2.56 bits per heavy atom. The molecule has 1 amide bonds. The normalized spacial score (nSPS) is 29.1. The molecular weight excluding hydrogens is 204 g/mol. The van der Waals surface area contributed by atoms with Gasteiger partial charge in [0.25, 0.3) is 5.91 Å². The van der Waals surface area contributed by atoms with E-state index in [1.165, 1.54) is 31.9 Å². The fraction of sp³-hybridized carbons (Fsp3) is 0.667. The highest BCUT2D eigenvalue weighted by Crippen LogP contribution is 2.36. The molecule has 1 aromatic heterocycles. The van der Waals surface area contributed by atoms with Crippen LogP contribution >= 0.6 is 0 Å². The van der Waals surface area contributed by atoms with Crippen LogP contribution in [0, 0.1) is 11.8 Å². The molecule has 1 aliphatic carbocycles. The second-order valence-corrected chi connectivity index (χ2v) is 4.90. The van der Waals surface area contributed by atoms with Gasteiger partial charge in [0.05, 0.1) is 0 Å². The maximum absolute atomic E-state index is 12.1. The van der Waals surface area contributed by atoms with E-state index >= 15 is 0 Å². The molecule has 2 unspecified atom stereocenters. The Balaban J connectivity index is 1.71. The third-order valence-electron chi connectivity index (χ3n) is 3.92. The predicted octanol–water partition coefficient (Wildman–Crippen LogP) is 1.94. The summed E-state index contributed by atoms with van der Waals surface area (Å²) in [7, 11) is 0. The van der Waals surface area contributed by atoms with Crippen LogP contribution in [0.15, 0.2) is 16.9 Å². The number of hydrogen-bond acceptors (Lipinski definition) is 3. The Hall–Kier alpha value is -1.32. The molecular formula is C12H16N2O2. The van der Waals surface area contributed by atoms with Crippen molar-refractivity contribution in [3.8, 4) is 0 Å². The molecule has 2 fully saturated rings. The molecule has 0 radical (unpaired) electrons. The van der Waals surface area contributed by atoms with Crippen LogP contribution < -0.4 is 0 Å². The summed E-state index contributed by atoms with van der Waals surface area (Å²) in [5.74, 6) is 1.48. The summed E-state index contributed by atoms with van der Waals surface area (Å²) in [5.41, 5.74) is 0.443. The Labute approximate surface area is 94.6 Å². The van der Waals surface area contributed by atoms with Crippen LogP contribution in [0.4, 0.5) is 0 Å². The Morgan fingerprint density at radius 2 is 2.00 bits per heavy atom. The highest BCUT2D eigenvalue weighted by Gasteiger charge is 2.37. The first kappa shape index (κ1) is 9.87. The fourth-order valence-corrected chi connectivity index (χ4v) is 3.06. The van der Waals surface area contributed by atoms with E-state index in [1.807, 2.05) is 4.90 Å². The van der Waals surface area contributed by atoms with Crippen LogP contribution in [-0.2, 0) is 0 Å². The Kier molecular flexibility index (Phi) is 2.42. The monoisotopic (exact) mass is 220 g/mol. The van der Waals surface area contributed by atoms with E-state index in [4.69, 9.17) is 4.52 Å². The molecule has 1 saturated heterocycles. The van der Waals surface area contributed by atoms with Gasteiger partial charge in [-0.25, -0.2) is 0 Å². The van der Waals surface area contributed by atoms with E-state index < -0.39 is 0 Å². The van der Waals surface area contributed by atoms with Gasteiger partial charge in [0, 0.05) is 19.2 Å². The first-order valence-corrected chi connectivity index (χ1v) is 6.04. The molecule has 0 spiro atoms. The lowest BCUT2D eigenvalue weighted by Gasteiger charge is -2.22. The van der Waals surface area contributed by atoms with Crippen LogP contribution in [-0.4, -0.2) is 29.1 Å². The summed E-state index contributed by atoms with van der Waals surface area (Å²) in [6.45, 7) is 1.83. The number of amides is 1. The van der Waals surface area contributed by atoms with Crippen molar-refractivity contribution in [1.82, 2.24) is 10.1 Å². The topological polar surface area (TPSA) is 46.3 Å². The van der Waals surface area contributed by atoms with Gasteiger partial charge in [0.1, 0.15) is 6.26 Å². The maximum atomic E-state index is 12.1. The maximum Gasteiger partial charge on any atom is 0.276 e. The van der Waals surface area contributed by atoms with Gasteiger partial charge in [-0.3, -0.25) is 4.79 Å². The highest BCUT2D eigenvalue weighted by molar-refractivity contribution is 5.92. The van der Waals surface area contributed by atoms with Crippen LogP contribution in [0.3, 0.4) is 0 Å². The number of aromatic nitrogens is 1. The van der Waals surface area contributed by atoms with Gasteiger partial charge < -0.3 is 9.42 Å². The zero-order valence-electron chi connectivity index (χ0n) is 9.26. The summed E-state index contributed by atoms with van der Waals surface area (Å²) < 4.78 is 4.72. The minimum Gasteiger partial charge on any atom is -0.364 e. The van der Waals surface area contributed by atoms with Gasteiger partial charge in [-0.15, -0.1) is 0 Å². The average molecular weight is 220 g/mol. The molecule has 86 valence electrons. The van der Waals surface area contributed by atoms with E-state index in [-0.39, 0.29) is 5.91 Å². The van der Waals surface area contributed by atoms with Crippen LogP contribution in [0.5, 0.6) is 0 Å². The lowest BCUT2D eigenvalue weighted by atomic mass is 9.82. The van der Waals surface area contributed by atoms with Crippen LogP contribution in [0.2, 0.25) is 0 Å². The number of fused-ring (bicyclic) bond motifs is 1. The molecule has 1 aliphatic heterocycles. The first-order chi connectivity index (χ1) is 7.84. The quantitative estimate of drug-likeness (QED) is 0.726.